The summed E-state index contributed by atoms with van der Waals surface area (Å²) in [5.74, 6) is -0.961. The molecule has 0 saturated heterocycles. The number of carboxylic acids is 1. The quantitative estimate of drug-likeness (QED) is 0.661. The molecule has 0 amide bonds. The first kappa shape index (κ1) is 11.9. The number of benzene rings is 1. The van der Waals surface area contributed by atoms with Gasteiger partial charge in [0.25, 0.3) is 0 Å². The highest BCUT2D eigenvalue weighted by atomic mass is 79.9. The van der Waals surface area contributed by atoms with Gasteiger partial charge in [-0.15, -0.1) is 0 Å². The Morgan fingerprint density at radius 2 is 1.87 bits per heavy atom. The third-order valence-corrected chi connectivity index (χ3v) is 2.83. The molecule has 0 aliphatic rings. The molecule has 0 unspecified atom stereocenters. The average Bonchev–Trinajstić information content (AvgIpc) is 2.26. The van der Waals surface area contributed by atoms with Gasteiger partial charge in [0.05, 0.1) is 4.83 Å². The topological polar surface area (TPSA) is 54.4 Å². The first-order valence-electron chi connectivity index (χ1n) is 4.56. The molecule has 0 aromatic heterocycles. The van der Waals surface area contributed by atoms with Crippen LogP contribution in [0.3, 0.4) is 0 Å². The fourth-order valence-electron chi connectivity index (χ4n) is 1.16. The van der Waals surface area contributed by atoms with E-state index in [1.54, 1.807) is 24.3 Å². The van der Waals surface area contributed by atoms with Crippen LogP contribution in [0, 0.1) is 0 Å². The number of ketones is 1. The van der Waals surface area contributed by atoms with E-state index in [-0.39, 0.29) is 12.2 Å². The molecule has 0 fully saturated rings. The van der Waals surface area contributed by atoms with Gasteiger partial charge in [-0.25, -0.2) is 0 Å². The van der Waals surface area contributed by atoms with Gasteiger partial charge < -0.3 is 5.11 Å². The number of aliphatic carboxylic acids is 1. The maximum Gasteiger partial charge on any atom is 0.303 e. The Balaban J connectivity index is 2.57. The standard InChI is InChI=1S/C11H11BrO3/c12-9(6-7-10(13)14)11(15)8-4-2-1-3-5-8/h1-5,9H,6-7H2,(H,13,14)/t9-/m1/s1. The van der Waals surface area contributed by atoms with Crippen molar-refractivity contribution in [1.82, 2.24) is 0 Å². The number of rotatable bonds is 5. The van der Waals surface area contributed by atoms with Gasteiger partial charge in [-0.05, 0) is 6.42 Å². The number of carbonyl (C=O) groups excluding carboxylic acids is 1. The number of alkyl halides is 1. The van der Waals surface area contributed by atoms with Gasteiger partial charge in [-0.3, -0.25) is 9.59 Å². The summed E-state index contributed by atoms with van der Waals surface area (Å²) < 4.78 is 0. The maximum absolute atomic E-state index is 11.7. The van der Waals surface area contributed by atoms with Crippen molar-refractivity contribution in [2.24, 2.45) is 0 Å². The summed E-state index contributed by atoms with van der Waals surface area (Å²) in [7, 11) is 0. The molecular weight excluding hydrogens is 260 g/mol. The van der Waals surface area contributed by atoms with Crippen molar-refractivity contribution in [2.45, 2.75) is 17.7 Å². The van der Waals surface area contributed by atoms with Crippen LogP contribution in [0.2, 0.25) is 0 Å². The van der Waals surface area contributed by atoms with Crippen LogP contribution in [0.5, 0.6) is 0 Å². The Hall–Kier alpha value is -1.16. The van der Waals surface area contributed by atoms with Crippen molar-refractivity contribution in [3.63, 3.8) is 0 Å². The molecule has 15 heavy (non-hydrogen) atoms. The Bertz CT molecular complexity index is 348. The van der Waals surface area contributed by atoms with E-state index in [9.17, 15) is 9.59 Å². The number of halogens is 1. The van der Waals surface area contributed by atoms with Gasteiger partial charge in [0.15, 0.2) is 5.78 Å². The van der Waals surface area contributed by atoms with Crippen molar-refractivity contribution in [3.8, 4) is 0 Å². The summed E-state index contributed by atoms with van der Waals surface area (Å²) in [6.45, 7) is 0. The van der Waals surface area contributed by atoms with Crippen molar-refractivity contribution in [2.75, 3.05) is 0 Å². The molecule has 0 radical (unpaired) electrons. The lowest BCUT2D eigenvalue weighted by Crippen LogP contribution is -2.15. The van der Waals surface area contributed by atoms with E-state index in [4.69, 9.17) is 5.11 Å². The lowest BCUT2D eigenvalue weighted by Gasteiger charge is -2.06. The van der Waals surface area contributed by atoms with Gasteiger partial charge in [0, 0.05) is 12.0 Å². The van der Waals surface area contributed by atoms with Crippen LogP contribution >= 0.6 is 15.9 Å². The maximum atomic E-state index is 11.7. The van der Waals surface area contributed by atoms with Crippen LogP contribution in [-0.2, 0) is 4.79 Å². The number of Topliss-reactive ketones (excluding diaryl/α,β-unsaturated/α-hetero) is 1. The minimum absolute atomic E-state index is 0.00547. The summed E-state index contributed by atoms with van der Waals surface area (Å²) in [5, 5.41) is 8.48. The van der Waals surface area contributed by atoms with E-state index in [1.807, 2.05) is 6.07 Å². The van der Waals surface area contributed by atoms with E-state index in [1.165, 1.54) is 0 Å². The molecule has 1 aromatic carbocycles. The molecule has 0 aliphatic heterocycles. The second-order valence-electron chi connectivity index (χ2n) is 3.13. The van der Waals surface area contributed by atoms with Crippen molar-refractivity contribution in [3.05, 3.63) is 35.9 Å². The zero-order chi connectivity index (χ0) is 11.3. The van der Waals surface area contributed by atoms with Gasteiger partial charge in [0.2, 0.25) is 0 Å². The zero-order valence-electron chi connectivity index (χ0n) is 8.02. The predicted octanol–water partition coefficient (Wildman–Crippen LogP) is 2.50. The highest BCUT2D eigenvalue weighted by Gasteiger charge is 2.17. The van der Waals surface area contributed by atoms with Crippen LogP contribution in [0.1, 0.15) is 23.2 Å². The lowest BCUT2D eigenvalue weighted by atomic mass is 10.1. The van der Waals surface area contributed by atoms with E-state index in [0.29, 0.717) is 12.0 Å². The van der Waals surface area contributed by atoms with Crippen LogP contribution in [0.15, 0.2) is 30.3 Å². The molecule has 0 bridgehead atoms. The minimum Gasteiger partial charge on any atom is -0.481 e. The molecule has 4 heteroatoms. The van der Waals surface area contributed by atoms with Crippen molar-refractivity contribution < 1.29 is 14.7 Å². The van der Waals surface area contributed by atoms with E-state index < -0.39 is 10.8 Å². The van der Waals surface area contributed by atoms with Crippen LogP contribution in [0.4, 0.5) is 0 Å². The van der Waals surface area contributed by atoms with Crippen molar-refractivity contribution >= 4 is 27.7 Å². The zero-order valence-corrected chi connectivity index (χ0v) is 9.61. The molecule has 3 nitrogen and oxygen atoms in total. The number of hydrogen-bond donors (Lipinski definition) is 1. The summed E-state index contributed by atoms with van der Waals surface area (Å²) in [5.41, 5.74) is 0.602. The molecule has 1 rings (SSSR count). The fourth-order valence-corrected chi connectivity index (χ4v) is 1.66. The van der Waals surface area contributed by atoms with E-state index in [0.717, 1.165) is 0 Å². The monoisotopic (exact) mass is 270 g/mol. The Morgan fingerprint density at radius 3 is 2.40 bits per heavy atom. The third kappa shape index (κ3) is 3.83. The molecule has 1 aromatic rings. The Kier molecular flexibility index (Phi) is 4.49. The normalized spacial score (nSPS) is 12.1. The summed E-state index contributed by atoms with van der Waals surface area (Å²) >= 11 is 3.20. The number of carboxylic acid groups (broad SMARTS) is 1. The first-order chi connectivity index (χ1) is 7.11. The third-order valence-electron chi connectivity index (χ3n) is 1.95. The highest BCUT2D eigenvalue weighted by Crippen LogP contribution is 2.15. The van der Waals surface area contributed by atoms with Gasteiger partial charge in [0.1, 0.15) is 0 Å². The SMILES string of the molecule is O=C(O)CC[C@@H](Br)C(=O)c1ccccc1. The molecule has 0 heterocycles. The first-order valence-corrected chi connectivity index (χ1v) is 5.48. The van der Waals surface area contributed by atoms with Gasteiger partial charge in [-0.2, -0.15) is 0 Å². The smallest absolute Gasteiger partial charge is 0.303 e. The molecule has 0 aliphatic carbocycles. The van der Waals surface area contributed by atoms with Gasteiger partial charge >= 0.3 is 5.97 Å². The summed E-state index contributed by atoms with van der Waals surface area (Å²) in [4.78, 5) is 21.6. The Morgan fingerprint density at radius 1 is 1.27 bits per heavy atom. The van der Waals surface area contributed by atoms with Crippen LogP contribution in [0.25, 0.3) is 0 Å². The average molecular weight is 271 g/mol. The molecule has 1 atom stereocenters. The predicted molar refractivity (Wildman–Crippen MR) is 60.4 cm³/mol. The molecule has 1 N–H and O–H groups in total. The summed E-state index contributed by atoms with van der Waals surface area (Å²) in [6, 6.07) is 8.83. The van der Waals surface area contributed by atoms with E-state index >= 15 is 0 Å². The van der Waals surface area contributed by atoms with Crippen molar-refractivity contribution in [1.29, 1.82) is 0 Å². The minimum atomic E-state index is -0.889. The molecule has 0 spiro atoms. The number of hydrogen-bond acceptors (Lipinski definition) is 2. The second-order valence-corrected chi connectivity index (χ2v) is 4.24. The highest BCUT2D eigenvalue weighted by molar-refractivity contribution is 9.10. The second kappa shape index (κ2) is 5.66. The number of carbonyl (C=O) groups is 2. The Labute approximate surface area is 96.2 Å². The summed E-state index contributed by atoms with van der Waals surface area (Å²) in [6.07, 6.45) is 0.303. The van der Waals surface area contributed by atoms with E-state index in [2.05, 4.69) is 15.9 Å². The van der Waals surface area contributed by atoms with Crippen LogP contribution in [-0.4, -0.2) is 21.7 Å². The lowest BCUT2D eigenvalue weighted by molar-refractivity contribution is -0.137. The molecular formula is C11H11BrO3. The van der Waals surface area contributed by atoms with Gasteiger partial charge in [-0.1, -0.05) is 46.3 Å². The molecule has 0 saturated carbocycles. The molecule has 80 valence electrons. The largest absolute Gasteiger partial charge is 0.481 e. The fraction of sp³-hybridized carbons (Fsp3) is 0.273. The van der Waals surface area contributed by atoms with Crippen LogP contribution < -0.4 is 0 Å².